The molecule has 4 heterocycles. The van der Waals surface area contributed by atoms with Crippen molar-refractivity contribution in [3.63, 3.8) is 0 Å². The molecule has 0 fully saturated rings. The lowest BCUT2D eigenvalue weighted by Crippen LogP contribution is -2.02. The lowest BCUT2D eigenvalue weighted by atomic mass is 10.2. The standard InChI is InChI=1S/C33H31N5O6/c1-4-9-30-35-31(44-37-30)16-14-24-19-38(25-10-6-5-7-11-25)36-32(24)42-20-23-13-15-27(29(18-23)39-3)41-21-26-22(2)43-33(34-26)28-12-8-17-40-28/h5-8,10-19H,4,9,20-21H2,1-3H3. The van der Waals surface area contributed by atoms with Crippen LogP contribution in [0, 0.1) is 6.92 Å². The van der Waals surface area contributed by atoms with Crippen molar-refractivity contribution in [1.82, 2.24) is 24.9 Å². The number of ether oxygens (including phenoxy) is 3. The molecule has 0 aliphatic rings. The monoisotopic (exact) mass is 593 g/mol. The lowest BCUT2D eigenvalue weighted by molar-refractivity contribution is 0.275. The van der Waals surface area contributed by atoms with Gasteiger partial charge in [0.1, 0.15) is 24.7 Å². The van der Waals surface area contributed by atoms with Gasteiger partial charge in [-0.05, 0) is 61.4 Å². The molecule has 6 aromatic rings. The molecule has 0 amide bonds. The quantitative estimate of drug-likeness (QED) is 0.137. The molecular weight excluding hydrogens is 562 g/mol. The summed E-state index contributed by atoms with van der Waals surface area (Å²) in [6.45, 7) is 4.36. The molecule has 4 aromatic heterocycles. The highest BCUT2D eigenvalue weighted by molar-refractivity contribution is 5.68. The summed E-state index contributed by atoms with van der Waals surface area (Å²) in [5.74, 6) is 4.30. The van der Waals surface area contributed by atoms with Gasteiger partial charge in [0.15, 0.2) is 23.1 Å². The van der Waals surface area contributed by atoms with Crippen molar-refractivity contribution in [2.75, 3.05) is 7.11 Å². The van der Waals surface area contributed by atoms with Crippen LogP contribution in [0.15, 0.2) is 86.5 Å². The second-order valence-corrected chi connectivity index (χ2v) is 9.86. The number of aromatic nitrogens is 5. The van der Waals surface area contributed by atoms with Gasteiger partial charge in [-0.2, -0.15) is 4.98 Å². The molecule has 0 aliphatic heterocycles. The Hall–Kier alpha value is -5.58. The minimum absolute atomic E-state index is 0.203. The molecule has 0 unspecified atom stereocenters. The van der Waals surface area contributed by atoms with E-state index in [0.29, 0.717) is 52.2 Å². The maximum Gasteiger partial charge on any atom is 0.263 e. The highest BCUT2D eigenvalue weighted by atomic mass is 16.5. The number of hydrogen-bond acceptors (Lipinski definition) is 10. The smallest absolute Gasteiger partial charge is 0.263 e. The molecule has 224 valence electrons. The van der Waals surface area contributed by atoms with Crippen LogP contribution in [0.25, 0.3) is 29.5 Å². The van der Waals surface area contributed by atoms with Crippen molar-refractivity contribution in [1.29, 1.82) is 0 Å². The van der Waals surface area contributed by atoms with Crippen LogP contribution in [0.1, 0.15) is 47.6 Å². The molecule has 2 aromatic carbocycles. The normalized spacial score (nSPS) is 11.3. The number of methoxy groups -OCH3 is 1. The molecule has 44 heavy (non-hydrogen) atoms. The van der Waals surface area contributed by atoms with Gasteiger partial charge in [-0.15, -0.1) is 5.10 Å². The van der Waals surface area contributed by atoms with Gasteiger partial charge in [-0.1, -0.05) is 36.3 Å². The number of nitrogens with zero attached hydrogens (tertiary/aromatic N) is 5. The highest BCUT2D eigenvalue weighted by Crippen LogP contribution is 2.31. The zero-order valence-corrected chi connectivity index (χ0v) is 24.6. The number of benzene rings is 2. The van der Waals surface area contributed by atoms with Crippen LogP contribution in [0.2, 0.25) is 0 Å². The third-order valence-electron chi connectivity index (χ3n) is 6.68. The van der Waals surface area contributed by atoms with E-state index in [1.54, 1.807) is 36.3 Å². The molecule has 0 spiro atoms. The largest absolute Gasteiger partial charge is 0.493 e. The first-order chi connectivity index (χ1) is 21.6. The molecule has 11 nitrogen and oxygen atoms in total. The Labute approximate surface area is 253 Å². The van der Waals surface area contributed by atoms with Crippen molar-refractivity contribution < 1.29 is 27.6 Å². The van der Waals surface area contributed by atoms with Gasteiger partial charge in [-0.3, -0.25) is 0 Å². The minimum atomic E-state index is 0.203. The first-order valence-electron chi connectivity index (χ1n) is 14.2. The van der Waals surface area contributed by atoms with Crippen molar-refractivity contribution in [3.8, 4) is 34.7 Å². The van der Waals surface area contributed by atoms with Crippen molar-refractivity contribution in [3.05, 3.63) is 107 Å². The molecule has 0 bridgehead atoms. The van der Waals surface area contributed by atoms with Gasteiger partial charge in [0.25, 0.3) is 11.8 Å². The molecule has 0 saturated heterocycles. The Morgan fingerprint density at radius 1 is 0.932 bits per heavy atom. The van der Waals surface area contributed by atoms with Crippen LogP contribution in [0.3, 0.4) is 0 Å². The summed E-state index contributed by atoms with van der Waals surface area (Å²) in [6.07, 6.45) is 8.78. The van der Waals surface area contributed by atoms with E-state index in [4.69, 9.17) is 32.7 Å². The number of oxazole rings is 1. The fourth-order valence-corrected chi connectivity index (χ4v) is 4.42. The molecule has 0 radical (unpaired) electrons. The van der Waals surface area contributed by atoms with E-state index in [1.165, 1.54) is 0 Å². The van der Waals surface area contributed by atoms with E-state index in [2.05, 4.69) is 22.0 Å². The third kappa shape index (κ3) is 6.57. The number of furan rings is 1. The van der Waals surface area contributed by atoms with Crippen LogP contribution in [-0.2, 0) is 19.6 Å². The molecule has 0 aliphatic carbocycles. The zero-order chi connectivity index (χ0) is 30.3. The van der Waals surface area contributed by atoms with Crippen molar-refractivity contribution in [2.45, 2.75) is 39.9 Å². The minimum Gasteiger partial charge on any atom is -0.493 e. The summed E-state index contributed by atoms with van der Waals surface area (Å²) in [6, 6.07) is 19.0. The average Bonchev–Trinajstić information content (AvgIpc) is 3.87. The highest BCUT2D eigenvalue weighted by Gasteiger charge is 2.16. The molecular formula is C33H31N5O6. The van der Waals surface area contributed by atoms with E-state index in [-0.39, 0.29) is 13.2 Å². The Kier molecular flexibility index (Phi) is 8.53. The number of hydrogen-bond donors (Lipinski definition) is 0. The molecule has 6 rings (SSSR count). The van der Waals surface area contributed by atoms with E-state index in [9.17, 15) is 0 Å². The predicted octanol–water partition coefficient (Wildman–Crippen LogP) is 7.10. The molecule has 0 saturated carbocycles. The van der Waals surface area contributed by atoms with E-state index in [0.717, 1.165) is 29.7 Å². The molecule has 0 atom stereocenters. The zero-order valence-electron chi connectivity index (χ0n) is 24.6. The number of para-hydroxylation sites is 1. The predicted molar refractivity (Wildman–Crippen MR) is 161 cm³/mol. The summed E-state index contributed by atoms with van der Waals surface area (Å²) in [4.78, 5) is 8.92. The van der Waals surface area contributed by atoms with Crippen LogP contribution in [-0.4, -0.2) is 32.0 Å². The fourth-order valence-electron chi connectivity index (χ4n) is 4.42. The van der Waals surface area contributed by atoms with E-state index >= 15 is 0 Å². The topological polar surface area (TPSA) is 124 Å². The van der Waals surface area contributed by atoms with Gasteiger partial charge in [0, 0.05) is 18.7 Å². The van der Waals surface area contributed by atoms with Crippen molar-refractivity contribution in [2.24, 2.45) is 0 Å². The number of aryl methyl sites for hydroxylation is 2. The average molecular weight is 594 g/mol. The molecule has 11 heteroatoms. The van der Waals surface area contributed by atoms with Gasteiger partial charge in [0.05, 0.1) is 24.6 Å². The summed E-state index contributed by atoms with van der Waals surface area (Å²) in [7, 11) is 1.59. The maximum atomic E-state index is 6.20. The summed E-state index contributed by atoms with van der Waals surface area (Å²) in [5, 5.41) is 8.71. The first kappa shape index (κ1) is 28.5. The lowest BCUT2D eigenvalue weighted by Gasteiger charge is -2.12. The Bertz CT molecular complexity index is 1840. The van der Waals surface area contributed by atoms with E-state index < -0.39 is 0 Å². The van der Waals surface area contributed by atoms with E-state index in [1.807, 2.05) is 67.7 Å². The van der Waals surface area contributed by atoms with Gasteiger partial charge < -0.3 is 27.6 Å². The maximum absolute atomic E-state index is 6.20. The van der Waals surface area contributed by atoms with Crippen LogP contribution >= 0.6 is 0 Å². The fraction of sp³-hybridized carbons (Fsp3) is 0.212. The Balaban J connectivity index is 1.16. The van der Waals surface area contributed by atoms with Crippen LogP contribution in [0.5, 0.6) is 17.4 Å². The summed E-state index contributed by atoms with van der Waals surface area (Å²) >= 11 is 0. The number of rotatable bonds is 13. The second kappa shape index (κ2) is 13.2. The molecule has 0 N–H and O–H groups in total. The second-order valence-electron chi connectivity index (χ2n) is 9.86. The van der Waals surface area contributed by atoms with Gasteiger partial charge in [-0.25, -0.2) is 9.67 Å². The van der Waals surface area contributed by atoms with Gasteiger partial charge >= 0.3 is 0 Å². The summed E-state index contributed by atoms with van der Waals surface area (Å²) < 4.78 is 36.1. The third-order valence-corrected chi connectivity index (χ3v) is 6.68. The van der Waals surface area contributed by atoms with Crippen molar-refractivity contribution >= 4 is 12.2 Å². The summed E-state index contributed by atoms with van der Waals surface area (Å²) in [5.41, 5.74) is 3.20. The van der Waals surface area contributed by atoms with Crippen LogP contribution in [0.4, 0.5) is 0 Å². The van der Waals surface area contributed by atoms with Gasteiger partial charge in [0.2, 0.25) is 5.88 Å². The first-order valence-corrected chi connectivity index (χ1v) is 14.2. The Morgan fingerprint density at radius 3 is 2.61 bits per heavy atom. The SMILES string of the molecule is CCCc1noc(C=Cc2cn(-c3ccccc3)nc2OCc2ccc(OCc3nc(-c4ccco4)oc3C)c(OC)c2)n1. The Morgan fingerprint density at radius 2 is 1.82 bits per heavy atom. The van der Waals surface area contributed by atoms with Crippen LogP contribution < -0.4 is 14.2 Å².